The lowest BCUT2D eigenvalue weighted by Gasteiger charge is -2.12. The molecule has 96 valence electrons. The summed E-state index contributed by atoms with van der Waals surface area (Å²) in [6, 6.07) is 4.79. The SMILES string of the molecule is CC(CNc1ccc(C(F)(F)F)cc1)S(C)=O. The van der Waals surface area contributed by atoms with Crippen LogP contribution in [0.3, 0.4) is 0 Å². The van der Waals surface area contributed by atoms with Crippen molar-refractivity contribution in [1.29, 1.82) is 0 Å². The van der Waals surface area contributed by atoms with Gasteiger partial charge < -0.3 is 5.32 Å². The molecule has 2 nitrogen and oxygen atoms in total. The minimum atomic E-state index is -4.31. The van der Waals surface area contributed by atoms with Gasteiger partial charge in [0.2, 0.25) is 0 Å². The largest absolute Gasteiger partial charge is 0.416 e. The first-order valence-electron chi connectivity index (χ1n) is 5.04. The molecule has 1 aromatic rings. The predicted octanol–water partition coefficient (Wildman–Crippen LogP) is 2.88. The maximum atomic E-state index is 12.3. The lowest BCUT2D eigenvalue weighted by atomic mass is 10.2. The molecular formula is C11H14F3NOS. The fourth-order valence-corrected chi connectivity index (χ4v) is 1.47. The van der Waals surface area contributed by atoms with Crippen LogP contribution in [0.25, 0.3) is 0 Å². The molecule has 0 aliphatic rings. The number of hydrogen-bond acceptors (Lipinski definition) is 2. The highest BCUT2D eigenvalue weighted by Crippen LogP contribution is 2.29. The lowest BCUT2D eigenvalue weighted by molar-refractivity contribution is -0.137. The highest BCUT2D eigenvalue weighted by Gasteiger charge is 2.29. The zero-order valence-electron chi connectivity index (χ0n) is 9.54. The Labute approximate surface area is 101 Å². The van der Waals surface area contributed by atoms with Crippen molar-refractivity contribution in [1.82, 2.24) is 0 Å². The Morgan fingerprint density at radius 2 is 1.82 bits per heavy atom. The zero-order chi connectivity index (χ0) is 13.1. The maximum Gasteiger partial charge on any atom is 0.416 e. The van der Waals surface area contributed by atoms with Gasteiger partial charge in [0.15, 0.2) is 0 Å². The van der Waals surface area contributed by atoms with Crippen molar-refractivity contribution in [2.45, 2.75) is 18.3 Å². The third-order valence-corrected chi connectivity index (χ3v) is 3.67. The van der Waals surface area contributed by atoms with E-state index >= 15 is 0 Å². The van der Waals surface area contributed by atoms with E-state index in [2.05, 4.69) is 5.32 Å². The lowest BCUT2D eigenvalue weighted by Crippen LogP contribution is -2.20. The van der Waals surface area contributed by atoms with Crippen LogP contribution in [0.4, 0.5) is 18.9 Å². The van der Waals surface area contributed by atoms with Crippen molar-refractivity contribution >= 4 is 16.5 Å². The molecule has 0 heterocycles. The summed E-state index contributed by atoms with van der Waals surface area (Å²) in [5.41, 5.74) is -0.0783. The molecule has 0 aliphatic carbocycles. The summed E-state index contributed by atoms with van der Waals surface area (Å²) in [5.74, 6) is 0. The Hall–Kier alpha value is -1.04. The molecule has 0 aliphatic heterocycles. The van der Waals surface area contributed by atoms with Crippen LogP contribution >= 0.6 is 0 Å². The Morgan fingerprint density at radius 1 is 1.29 bits per heavy atom. The van der Waals surface area contributed by atoms with E-state index < -0.39 is 22.5 Å². The van der Waals surface area contributed by atoms with E-state index in [9.17, 15) is 17.4 Å². The van der Waals surface area contributed by atoms with Gasteiger partial charge in [-0.05, 0) is 31.2 Å². The van der Waals surface area contributed by atoms with Gasteiger partial charge in [0, 0.05) is 34.5 Å². The molecule has 0 aromatic heterocycles. The number of hydrogen-bond donors (Lipinski definition) is 1. The number of nitrogens with one attached hydrogen (secondary N) is 1. The standard InChI is InChI=1S/C11H14F3NOS/c1-8(17(2)16)7-15-10-5-3-9(4-6-10)11(12,13)14/h3-6,8,15H,7H2,1-2H3. The van der Waals surface area contributed by atoms with Gasteiger partial charge in [-0.15, -0.1) is 0 Å². The van der Waals surface area contributed by atoms with E-state index in [4.69, 9.17) is 0 Å². The van der Waals surface area contributed by atoms with Crippen molar-refractivity contribution in [3.8, 4) is 0 Å². The second-order valence-electron chi connectivity index (χ2n) is 3.77. The molecule has 2 unspecified atom stereocenters. The normalized spacial score (nSPS) is 15.4. The van der Waals surface area contributed by atoms with E-state index in [1.165, 1.54) is 12.1 Å². The van der Waals surface area contributed by atoms with Gasteiger partial charge >= 0.3 is 6.18 Å². The van der Waals surface area contributed by atoms with Crippen molar-refractivity contribution in [2.75, 3.05) is 18.1 Å². The smallest absolute Gasteiger partial charge is 0.384 e. The van der Waals surface area contributed by atoms with Gasteiger partial charge in [-0.25, -0.2) is 0 Å². The van der Waals surface area contributed by atoms with E-state index in [-0.39, 0.29) is 5.25 Å². The van der Waals surface area contributed by atoms with Crippen LogP contribution in [0.1, 0.15) is 12.5 Å². The number of alkyl halides is 3. The molecule has 0 spiro atoms. The number of anilines is 1. The average molecular weight is 265 g/mol. The molecule has 0 saturated carbocycles. The Morgan fingerprint density at radius 3 is 2.24 bits per heavy atom. The molecule has 0 saturated heterocycles. The second kappa shape index (κ2) is 5.53. The van der Waals surface area contributed by atoms with Crippen molar-refractivity contribution in [3.05, 3.63) is 29.8 Å². The fourth-order valence-electron chi connectivity index (χ4n) is 1.16. The molecule has 0 amide bonds. The van der Waals surface area contributed by atoms with Crippen LogP contribution in [-0.2, 0) is 17.0 Å². The van der Waals surface area contributed by atoms with E-state index in [0.29, 0.717) is 12.2 Å². The summed E-state index contributed by atoms with van der Waals surface area (Å²) in [4.78, 5) is 0. The van der Waals surface area contributed by atoms with Crippen LogP contribution in [0.15, 0.2) is 24.3 Å². The number of benzene rings is 1. The minimum absolute atomic E-state index is 0.0442. The summed E-state index contributed by atoms with van der Waals surface area (Å²) < 4.78 is 47.9. The Balaban J connectivity index is 2.60. The van der Waals surface area contributed by atoms with Gasteiger partial charge in [0.05, 0.1) is 5.56 Å². The van der Waals surface area contributed by atoms with Gasteiger partial charge in [0.1, 0.15) is 0 Å². The molecular weight excluding hydrogens is 251 g/mol. The predicted molar refractivity (Wildman–Crippen MR) is 63.5 cm³/mol. The van der Waals surface area contributed by atoms with Crippen LogP contribution < -0.4 is 5.32 Å². The molecule has 6 heteroatoms. The maximum absolute atomic E-state index is 12.3. The topological polar surface area (TPSA) is 29.1 Å². The first kappa shape index (κ1) is 14.0. The fraction of sp³-hybridized carbons (Fsp3) is 0.455. The van der Waals surface area contributed by atoms with Crippen molar-refractivity contribution in [2.24, 2.45) is 0 Å². The van der Waals surface area contributed by atoms with Gasteiger partial charge in [-0.1, -0.05) is 0 Å². The number of halogens is 3. The third kappa shape index (κ3) is 4.38. The zero-order valence-corrected chi connectivity index (χ0v) is 10.4. The monoisotopic (exact) mass is 265 g/mol. The Bertz CT molecular complexity index is 389. The molecule has 17 heavy (non-hydrogen) atoms. The molecule has 0 radical (unpaired) electrons. The summed E-state index contributed by atoms with van der Waals surface area (Å²) in [7, 11) is -0.945. The quantitative estimate of drug-likeness (QED) is 0.907. The Kier molecular flexibility index (Phi) is 4.56. The van der Waals surface area contributed by atoms with E-state index in [0.717, 1.165) is 12.1 Å². The average Bonchev–Trinajstić information content (AvgIpc) is 2.25. The van der Waals surface area contributed by atoms with Crippen LogP contribution in [-0.4, -0.2) is 22.3 Å². The first-order valence-corrected chi connectivity index (χ1v) is 6.66. The second-order valence-corrected chi connectivity index (χ2v) is 5.57. The van der Waals surface area contributed by atoms with Crippen LogP contribution in [0, 0.1) is 0 Å². The molecule has 2 atom stereocenters. The molecule has 0 fully saturated rings. The summed E-state index contributed by atoms with van der Waals surface area (Å²) in [6.45, 7) is 2.28. The summed E-state index contributed by atoms with van der Waals surface area (Å²) >= 11 is 0. The number of rotatable bonds is 4. The summed E-state index contributed by atoms with van der Waals surface area (Å²) in [6.07, 6.45) is -2.71. The molecule has 1 aromatic carbocycles. The van der Waals surface area contributed by atoms with E-state index in [1.54, 1.807) is 6.26 Å². The minimum Gasteiger partial charge on any atom is -0.384 e. The van der Waals surface area contributed by atoms with Crippen molar-refractivity contribution in [3.63, 3.8) is 0 Å². The van der Waals surface area contributed by atoms with Gasteiger partial charge in [-0.3, -0.25) is 4.21 Å². The van der Waals surface area contributed by atoms with Crippen LogP contribution in [0.2, 0.25) is 0 Å². The molecule has 1 N–H and O–H groups in total. The highest BCUT2D eigenvalue weighted by atomic mass is 32.2. The highest BCUT2D eigenvalue weighted by molar-refractivity contribution is 7.84. The van der Waals surface area contributed by atoms with Crippen molar-refractivity contribution < 1.29 is 17.4 Å². The first-order chi connectivity index (χ1) is 7.80. The third-order valence-electron chi connectivity index (χ3n) is 2.37. The van der Waals surface area contributed by atoms with Gasteiger partial charge in [0.25, 0.3) is 0 Å². The summed E-state index contributed by atoms with van der Waals surface area (Å²) in [5, 5.41) is 2.90. The van der Waals surface area contributed by atoms with Crippen LogP contribution in [0.5, 0.6) is 0 Å². The molecule has 1 rings (SSSR count). The molecule has 0 bridgehead atoms. The van der Waals surface area contributed by atoms with E-state index in [1.807, 2.05) is 6.92 Å². The van der Waals surface area contributed by atoms with Gasteiger partial charge in [-0.2, -0.15) is 13.2 Å².